The van der Waals surface area contributed by atoms with Gasteiger partial charge < -0.3 is 10.6 Å². The lowest BCUT2D eigenvalue weighted by Crippen LogP contribution is -2.54. The van der Waals surface area contributed by atoms with E-state index in [2.05, 4.69) is 17.6 Å². The molecule has 4 heteroatoms. The quantitative estimate of drug-likeness (QED) is 0.899. The van der Waals surface area contributed by atoms with E-state index in [0.717, 1.165) is 57.2 Å². The molecule has 3 rings (SSSR count). The van der Waals surface area contributed by atoms with Crippen molar-refractivity contribution in [2.75, 3.05) is 13.1 Å². The second-order valence-corrected chi connectivity index (χ2v) is 7.20. The van der Waals surface area contributed by atoms with Gasteiger partial charge in [-0.05, 0) is 56.0 Å². The van der Waals surface area contributed by atoms with E-state index in [-0.39, 0.29) is 17.8 Å². The minimum atomic E-state index is -0.551. The Balaban J connectivity index is 1.84. The average Bonchev–Trinajstić information content (AvgIpc) is 2.57. The van der Waals surface area contributed by atoms with Gasteiger partial charge in [-0.2, -0.15) is 0 Å². The summed E-state index contributed by atoms with van der Waals surface area (Å²) in [4.78, 5) is 13.2. The van der Waals surface area contributed by atoms with Crippen molar-refractivity contribution in [1.29, 1.82) is 0 Å². The standard InChI is InChI=1S/C19H27FN2O/c1-14-13-21-11-8-17(14)22-18(23)19(9-3-2-4-10-19)15-6-5-7-16(20)12-15/h5-7,12,14,17,21H,2-4,8-11,13H2,1H3,(H,22,23). The Morgan fingerprint density at radius 2 is 2.09 bits per heavy atom. The van der Waals surface area contributed by atoms with Crippen LogP contribution in [-0.4, -0.2) is 25.0 Å². The summed E-state index contributed by atoms with van der Waals surface area (Å²) in [7, 11) is 0. The van der Waals surface area contributed by atoms with Crippen LogP contribution in [-0.2, 0) is 10.2 Å². The third-order valence-corrected chi connectivity index (χ3v) is 5.62. The van der Waals surface area contributed by atoms with Crippen molar-refractivity contribution in [3.8, 4) is 0 Å². The third-order valence-electron chi connectivity index (χ3n) is 5.62. The highest BCUT2D eigenvalue weighted by atomic mass is 19.1. The summed E-state index contributed by atoms with van der Waals surface area (Å²) in [5, 5.41) is 6.66. The van der Waals surface area contributed by atoms with Crippen molar-refractivity contribution >= 4 is 5.91 Å². The maximum Gasteiger partial charge on any atom is 0.230 e. The average molecular weight is 318 g/mol. The van der Waals surface area contributed by atoms with Gasteiger partial charge in [0, 0.05) is 6.04 Å². The predicted octanol–water partition coefficient (Wildman–Crippen LogP) is 3.14. The first-order chi connectivity index (χ1) is 11.1. The fourth-order valence-corrected chi connectivity index (χ4v) is 4.12. The van der Waals surface area contributed by atoms with E-state index in [1.54, 1.807) is 12.1 Å². The van der Waals surface area contributed by atoms with Crippen molar-refractivity contribution in [2.24, 2.45) is 5.92 Å². The highest BCUT2D eigenvalue weighted by Gasteiger charge is 2.42. The Morgan fingerprint density at radius 3 is 2.78 bits per heavy atom. The van der Waals surface area contributed by atoms with E-state index in [0.29, 0.717) is 5.92 Å². The zero-order valence-corrected chi connectivity index (χ0v) is 13.9. The van der Waals surface area contributed by atoms with E-state index in [1.165, 1.54) is 6.07 Å². The van der Waals surface area contributed by atoms with Crippen LogP contribution in [0, 0.1) is 11.7 Å². The molecule has 23 heavy (non-hydrogen) atoms. The van der Waals surface area contributed by atoms with Gasteiger partial charge in [0.2, 0.25) is 5.91 Å². The molecular weight excluding hydrogens is 291 g/mol. The zero-order valence-electron chi connectivity index (χ0n) is 13.9. The van der Waals surface area contributed by atoms with Crippen LogP contribution in [0.15, 0.2) is 24.3 Å². The molecule has 0 radical (unpaired) electrons. The van der Waals surface area contributed by atoms with Crippen LogP contribution in [0.1, 0.15) is 51.0 Å². The van der Waals surface area contributed by atoms with Crippen LogP contribution < -0.4 is 10.6 Å². The van der Waals surface area contributed by atoms with Gasteiger partial charge in [-0.1, -0.05) is 38.3 Å². The van der Waals surface area contributed by atoms with E-state index >= 15 is 0 Å². The van der Waals surface area contributed by atoms with E-state index in [4.69, 9.17) is 0 Å². The lowest BCUT2D eigenvalue weighted by molar-refractivity contribution is -0.129. The van der Waals surface area contributed by atoms with Crippen LogP contribution in [0.2, 0.25) is 0 Å². The predicted molar refractivity (Wildman–Crippen MR) is 89.7 cm³/mol. The van der Waals surface area contributed by atoms with Crippen molar-refractivity contribution < 1.29 is 9.18 Å². The lowest BCUT2D eigenvalue weighted by atomic mass is 9.68. The van der Waals surface area contributed by atoms with Gasteiger partial charge in [-0.25, -0.2) is 4.39 Å². The monoisotopic (exact) mass is 318 g/mol. The number of carbonyl (C=O) groups excluding carboxylic acids is 1. The van der Waals surface area contributed by atoms with Crippen LogP contribution in [0.5, 0.6) is 0 Å². The molecule has 0 bridgehead atoms. The number of benzene rings is 1. The molecule has 0 aromatic heterocycles. The van der Waals surface area contributed by atoms with Gasteiger partial charge in [0.25, 0.3) is 0 Å². The normalized spacial score (nSPS) is 27.4. The van der Waals surface area contributed by atoms with Gasteiger partial charge in [0.1, 0.15) is 5.82 Å². The number of piperidine rings is 1. The molecule has 2 aliphatic rings. The molecule has 1 aromatic carbocycles. The molecule has 1 amide bonds. The minimum Gasteiger partial charge on any atom is -0.352 e. The topological polar surface area (TPSA) is 41.1 Å². The number of hydrogen-bond donors (Lipinski definition) is 2. The highest BCUT2D eigenvalue weighted by molar-refractivity contribution is 5.88. The molecular formula is C19H27FN2O. The lowest BCUT2D eigenvalue weighted by Gasteiger charge is -2.39. The maximum absolute atomic E-state index is 13.7. The molecule has 126 valence electrons. The summed E-state index contributed by atoms with van der Waals surface area (Å²) in [6.45, 7) is 4.06. The first kappa shape index (κ1) is 16.4. The summed E-state index contributed by atoms with van der Waals surface area (Å²) in [5.41, 5.74) is 0.293. The number of halogens is 1. The smallest absolute Gasteiger partial charge is 0.230 e. The third kappa shape index (κ3) is 3.42. The van der Waals surface area contributed by atoms with E-state index in [9.17, 15) is 9.18 Å². The molecule has 1 aromatic rings. The highest BCUT2D eigenvalue weighted by Crippen LogP contribution is 2.40. The molecule has 1 aliphatic heterocycles. The number of amides is 1. The fraction of sp³-hybridized carbons (Fsp3) is 0.632. The molecule has 0 spiro atoms. The van der Waals surface area contributed by atoms with Crippen LogP contribution in [0.4, 0.5) is 4.39 Å². The molecule has 2 unspecified atom stereocenters. The number of rotatable bonds is 3. The summed E-state index contributed by atoms with van der Waals surface area (Å²) in [6.07, 6.45) is 5.83. The van der Waals surface area contributed by atoms with E-state index < -0.39 is 5.41 Å². The molecule has 3 nitrogen and oxygen atoms in total. The van der Waals surface area contributed by atoms with E-state index in [1.807, 2.05) is 6.07 Å². The Labute approximate surface area is 138 Å². The van der Waals surface area contributed by atoms with Crippen molar-refractivity contribution in [1.82, 2.24) is 10.6 Å². The first-order valence-corrected chi connectivity index (χ1v) is 8.89. The summed E-state index contributed by atoms with van der Waals surface area (Å²) in [5.74, 6) is 0.276. The Morgan fingerprint density at radius 1 is 1.30 bits per heavy atom. The number of nitrogens with one attached hydrogen (secondary N) is 2. The Bertz CT molecular complexity index is 554. The Kier molecular flexibility index (Phi) is 5.00. The van der Waals surface area contributed by atoms with Crippen LogP contribution >= 0.6 is 0 Å². The van der Waals surface area contributed by atoms with Gasteiger partial charge in [0.15, 0.2) is 0 Å². The van der Waals surface area contributed by atoms with Crippen molar-refractivity contribution in [3.05, 3.63) is 35.6 Å². The van der Waals surface area contributed by atoms with Gasteiger partial charge in [-0.15, -0.1) is 0 Å². The largest absolute Gasteiger partial charge is 0.352 e. The number of carbonyl (C=O) groups is 1. The molecule has 2 fully saturated rings. The molecule has 1 heterocycles. The summed E-state index contributed by atoms with van der Waals surface area (Å²) < 4.78 is 13.7. The van der Waals surface area contributed by atoms with Crippen LogP contribution in [0.25, 0.3) is 0 Å². The second-order valence-electron chi connectivity index (χ2n) is 7.20. The van der Waals surface area contributed by atoms with Gasteiger partial charge >= 0.3 is 0 Å². The summed E-state index contributed by atoms with van der Waals surface area (Å²) >= 11 is 0. The fourth-order valence-electron chi connectivity index (χ4n) is 4.12. The number of hydrogen-bond acceptors (Lipinski definition) is 2. The summed E-state index contributed by atoms with van der Waals surface area (Å²) in [6, 6.07) is 6.86. The first-order valence-electron chi connectivity index (χ1n) is 8.89. The zero-order chi connectivity index (χ0) is 16.3. The van der Waals surface area contributed by atoms with Crippen molar-refractivity contribution in [2.45, 2.75) is 56.9 Å². The molecule has 1 saturated carbocycles. The van der Waals surface area contributed by atoms with Crippen molar-refractivity contribution in [3.63, 3.8) is 0 Å². The molecule has 2 N–H and O–H groups in total. The van der Waals surface area contributed by atoms with Gasteiger partial charge in [0.05, 0.1) is 5.41 Å². The van der Waals surface area contributed by atoms with Crippen LogP contribution in [0.3, 0.4) is 0 Å². The SMILES string of the molecule is CC1CNCCC1NC(=O)C1(c2cccc(F)c2)CCCCC1. The van der Waals surface area contributed by atoms with Gasteiger partial charge in [-0.3, -0.25) is 4.79 Å². The Hall–Kier alpha value is -1.42. The minimum absolute atomic E-state index is 0.0987. The maximum atomic E-state index is 13.7. The molecule has 1 aliphatic carbocycles. The molecule has 1 saturated heterocycles. The molecule has 2 atom stereocenters. The second kappa shape index (κ2) is 7.00.